The van der Waals surface area contributed by atoms with Crippen LogP contribution in [0.2, 0.25) is 0 Å². The van der Waals surface area contributed by atoms with Crippen molar-refractivity contribution in [3.63, 3.8) is 0 Å². The molecular weight excluding hydrogens is 206 g/mol. The molecule has 2 nitrogen and oxygen atoms in total. The van der Waals surface area contributed by atoms with Crippen LogP contribution in [0.1, 0.15) is 17.5 Å². The summed E-state index contributed by atoms with van der Waals surface area (Å²) < 4.78 is 5.33. The van der Waals surface area contributed by atoms with Gasteiger partial charge >= 0.3 is 0 Å². The highest BCUT2D eigenvalue weighted by Gasteiger charge is 2.04. The lowest BCUT2D eigenvalue weighted by atomic mass is 10.1. The molecular formula is C12H19NOS. The third kappa shape index (κ3) is 3.34. The molecule has 0 saturated heterocycles. The zero-order valence-corrected chi connectivity index (χ0v) is 10.5. The van der Waals surface area contributed by atoms with E-state index in [4.69, 9.17) is 4.74 Å². The molecule has 1 aromatic rings. The molecule has 15 heavy (non-hydrogen) atoms. The molecule has 1 N–H and O–H groups in total. The van der Waals surface area contributed by atoms with Gasteiger partial charge in [-0.05, 0) is 49.3 Å². The molecule has 3 heteroatoms. The predicted molar refractivity (Wildman–Crippen MR) is 69.4 cm³/mol. The van der Waals surface area contributed by atoms with Gasteiger partial charge in [0, 0.05) is 6.54 Å². The molecule has 0 spiro atoms. The third-order valence-electron chi connectivity index (χ3n) is 2.47. The molecule has 0 saturated carbocycles. The Morgan fingerprint density at radius 2 is 1.93 bits per heavy atom. The minimum absolute atomic E-state index is 0.903. The van der Waals surface area contributed by atoms with Crippen LogP contribution in [0.5, 0.6) is 5.75 Å². The first-order valence-corrected chi connectivity index (χ1v) is 5.82. The summed E-state index contributed by atoms with van der Waals surface area (Å²) in [6, 6.07) is 4.20. The fourth-order valence-corrected chi connectivity index (χ4v) is 1.56. The van der Waals surface area contributed by atoms with Crippen LogP contribution in [0.4, 0.5) is 5.69 Å². The highest BCUT2D eigenvalue weighted by molar-refractivity contribution is 7.80. The molecule has 0 amide bonds. The number of ether oxygens (including phenoxy) is 1. The fourth-order valence-electron chi connectivity index (χ4n) is 1.40. The van der Waals surface area contributed by atoms with E-state index in [1.54, 1.807) is 7.11 Å². The van der Waals surface area contributed by atoms with Crippen LogP contribution in [0.15, 0.2) is 12.1 Å². The highest BCUT2D eigenvalue weighted by Crippen LogP contribution is 2.27. The summed E-state index contributed by atoms with van der Waals surface area (Å²) in [7, 11) is 1.70. The van der Waals surface area contributed by atoms with Crippen LogP contribution in [0.3, 0.4) is 0 Å². The standard InChI is InChI=1S/C12H19NOS/c1-9-7-11(13-5-4-6-15)12(14-3)8-10(9)2/h7-8,13,15H,4-6H2,1-3H3. The van der Waals surface area contributed by atoms with Crippen molar-refractivity contribution >= 4 is 18.3 Å². The normalized spacial score (nSPS) is 10.1. The average molecular weight is 225 g/mol. The van der Waals surface area contributed by atoms with Gasteiger partial charge in [0.25, 0.3) is 0 Å². The number of rotatable bonds is 5. The van der Waals surface area contributed by atoms with Gasteiger partial charge in [-0.25, -0.2) is 0 Å². The molecule has 0 unspecified atom stereocenters. The van der Waals surface area contributed by atoms with E-state index in [9.17, 15) is 0 Å². The van der Waals surface area contributed by atoms with Crippen molar-refractivity contribution in [2.75, 3.05) is 24.7 Å². The van der Waals surface area contributed by atoms with E-state index < -0.39 is 0 Å². The fraction of sp³-hybridized carbons (Fsp3) is 0.500. The Hall–Kier alpha value is -0.830. The molecule has 0 aliphatic rings. The van der Waals surface area contributed by atoms with Crippen molar-refractivity contribution in [2.45, 2.75) is 20.3 Å². The van der Waals surface area contributed by atoms with E-state index in [-0.39, 0.29) is 0 Å². The summed E-state index contributed by atoms with van der Waals surface area (Å²) in [5.41, 5.74) is 3.61. The number of methoxy groups -OCH3 is 1. The van der Waals surface area contributed by atoms with Gasteiger partial charge in [0.15, 0.2) is 0 Å². The van der Waals surface area contributed by atoms with Crippen molar-refractivity contribution in [1.29, 1.82) is 0 Å². The number of hydrogen-bond acceptors (Lipinski definition) is 3. The van der Waals surface area contributed by atoms with Crippen molar-refractivity contribution in [3.05, 3.63) is 23.3 Å². The van der Waals surface area contributed by atoms with Gasteiger partial charge in [-0.1, -0.05) is 0 Å². The Morgan fingerprint density at radius 1 is 1.27 bits per heavy atom. The van der Waals surface area contributed by atoms with Crippen molar-refractivity contribution in [1.82, 2.24) is 0 Å². The highest BCUT2D eigenvalue weighted by atomic mass is 32.1. The Bertz CT molecular complexity index is 326. The van der Waals surface area contributed by atoms with Crippen molar-refractivity contribution in [3.8, 4) is 5.75 Å². The summed E-state index contributed by atoms with van der Waals surface area (Å²) in [5.74, 6) is 1.82. The SMILES string of the molecule is COc1cc(C)c(C)cc1NCCCS. The molecule has 0 aromatic heterocycles. The first kappa shape index (κ1) is 12.2. The molecule has 0 atom stereocenters. The van der Waals surface area contributed by atoms with Gasteiger partial charge in [0.05, 0.1) is 12.8 Å². The monoisotopic (exact) mass is 225 g/mol. The van der Waals surface area contributed by atoms with Gasteiger partial charge in [0.1, 0.15) is 5.75 Å². The van der Waals surface area contributed by atoms with E-state index in [0.29, 0.717) is 0 Å². The van der Waals surface area contributed by atoms with E-state index in [1.165, 1.54) is 11.1 Å². The summed E-state index contributed by atoms with van der Waals surface area (Å²) in [4.78, 5) is 0. The maximum atomic E-state index is 5.33. The maximum absolute atomic E-state index is 5.33. The van der Waals surface area contributed by atoms with Crippen molar-refractivity contribution < 1.29 is 4.74 Å². The third-order valence-corrected chi connectivity index (χ3v) is 2.78. The smallest absolute Gasteiger partial charge is 0.142 e. The second kappa shape index (κ2) is 5.91. The van der Waals surface area contributed by atoms with Gasteiger partial charge in [0.2, 0.25) is 0 Å². The number of nitrogens with one attached hydrogen (secondary N) is 1. The minimum Gasteiger partial charge on any atom is -0.495 e. The zero-order chi connectivity index (χ0) is 11.3. The number of thiol groups is 1. The van der Waals surface area contributed by atoms with E-state index in [2.05, 4.69) is 43.9 Å². The van der Waals surface area contributed by atoms with E-state index in [0.717, 1.165) is 30.2 Å². The number of hydrogen-bond donors (Lipinski definition) is 2. The summed E-state index contributed by atoms with van der Waals surface area (Å²) in [6.07, 6.45) is 1.05. The molecule has 1 aromatic carbocycles. The molecule has 0 aliphatic carbocycles. The molecule has 1 rings (SSSR count). The maximum Gasteiger partial charge on any atom is 0.142 e. The molecule has 84 valence electrons. The van der Waals surface area contributed by atoms with Crippen LogP contribution in [-0.4, -0.2) is 19.4 Å². The average Bonchev–Trinajstić information content (AvgIpc) is 2.23. The zero-order valence-electron chi connectivity index (χ0n) is 9.63. The molecule has 0 radical (unpaired) electrons. The van der Waals surface area contributed by atoms with Crippen LogP contribution in [0, 0.1) is 13.8 Å². The summed E-state index contributed by atoms with van der Waals surface area (Å²) in [5, 5.41) is 3.36. The Labute approximate surface area is 97.4 Å². The summed E-state index contributed by atoms with van der Waals surface area (Å²) >= 11 is 4.18. The van der Waals surface area contributed by atoms with Crippen molar-refractivity contribution in [2.24, 2.45) is 0 Å². The first-order chi connectivity index (χ1) is 7.19. The second-order valence-corrected chi connectivity index (χ2v) is 4.09. The largest absolute Gasteiger partial charge is 0.495 e. The first-order valence-electron chi connectivity index (χ1n) is 5.19. The number of anilines is 1. The Kier molecular flexibility index (Phi) is 4.82. The van der Waals surface area contributed by atoms with Gasteiger partial charge in [-0.2, -0.15) is 12.6 Å². The van der Waals surface area contributed by atoms with Crippen LogP contribution in [-0.2, 0) is 0 Å². The summed E-state index contributed by atoms with van der Waals surface area (Å²) in [6.45, 7) is 5.14. The van der Waals surface area contributed by atoms with E-state index >= 15 is 0 Å². The molecule has 0 heterocycles. The lowest BCUT2D eigenvalue weighted by Crippen LogP contribution is -2.04. The quantitative estimate of drug-likeness (QED) is 0.593. The second-order valence-electron chi connectivity index (χ2n) is 3.64. The lowest BCUT2D eigenvalue weighted by molar-refractivity contribution is 0.416. The van der Waals surface area contributed by atoms with Gasteiger partial charge < -0.3 is 10.1 Å². The molecule has 0 aliphatic heterocycles. The van der Waals surface area contributed by atoms with E-state index in [1.807, 2.05) is 0 Å². The topological polar surface area (TPSA) is 21.3 Å². The minimum atomic E-state index is 0.903. The predicted octanol–water partition coefficient (Wildman–Crippen LogP) is 3.04. The number of aryl methyl sites for hydroxylation is 2. The Balaban J connectivity index is 2.80. The van der Waals surface area contributed by atoms with Crippen LogP contribution in [0.25, 0.3) is 0 Å². The molecule has 0 bridgehead atoms. The Morgan fingerprint density at radius 3 is 2.53 bits per heavy atom. The van der Waals surface area contributed by atoms with Crippen LogP contribution < -0.4 is 10.1 Å². The molecule has 0 fully saturated rings. The lowest BCUT2D eigenvalue weighted by Gasteiger charge is -2.13. The number of benzene rings is 1. The van der Waals surface area contributed by atoms with Gasteiger partial charge in [-0.15, -0.1) is 0 Å². The van der Waals surface area contributed by atoms with Crippen LogP contribution >= 0.6 is 12.6 Å². The van der Waals surface area contributed by atoms with Gasteiger partial charge in [-0.3, -0.25) is 0 Å².